The van der Waals surface area contributed by atoms with Gasteiger partial charge in [0.2, 0.25) is 11.8 Å². The molecule has 1 amide bonds. The lowest BCUT2D eigenvalue weighted by atomic mass is 10.4. The largest absolute Gasteiger partial charge is 0.477 e. The zero-order valence-electron chi connectivity index (χ0n) is 9.80. The number of hydrogen-bond donors (Lipinski definition) is 4. The van der Waals surface area contributed by atoms with E-state index in [-0.39, 0.29) is 23.2 Å². The molecule has 0 unspecified atom stereocenters. The summed E-state index contributed by atoms with van der Waals surface area (Å²) in [6.45, 7) is 1.71. The maximum atomic E-state index is 11.6. The summed E-state index contributed by atoms with van der Waals surface area (Å²) in [6, 6.07) is 0. The number of nitrogens with zero attached hydrogens (tertiary/aromatic N) is 3. The van der Waals surface area contributed by atoms with Crippen LogP contribution in [0.1, 0.15) is 31.0 Å². The minimum absolute atomic E-state index is 0.00997. The lowest BCUT2D eigenvalue weighted by Gasteiger charge is -1.98. The molecule has 10 heteroatoms. The van der Waals surface area contributed by atoms with E-state index in [0.717, 1.165) is 11.3 Å². The van der Waals surface area contributed by atoms with E-state index in [1.807, 2.05) is 0 Å². The van der Waals surface area contributed by atoms with Crippen LogP contribution < -0.4 is 11.1 Å². The van der Waals surface area contributed by atoms with Gasteiger partial charge in [-0.1, -0.05) is 0 Å². The number of aromatic carboxylic acids is 1. The zero-order valence-corrected chi connectivity index (χ0v) is 10.6. The molecular formula is C9H10N6O3S. The van der Waals surface area contributed by atoms with Crippen LogP contribution in [0, 0.1) is 6.92 Å². The standard InChI is InChI=1S/C9H10N6O3S/c1-3-5(8(17)18)19-4(12-3)2-11-7(16)6-13-9(10)15-14-6/h2H2,1H3,(H,11,16)(H,17,18)(H3,10,13,14,15). The van der Waals surface area contributed by atoms with Crippen LogP contribution in [0.2, 0.25) is 0 Å². The Balaban J connectivity index is 2.01. The quantitative estimate of drug-likeness (QED) is 0.606. The molecule has 0 saturated heterocycles. The fourth-order valence-corrected chi connectivity index (χ4v) is 2.19. The van der Waals surface area contributed by atoms with Crippen molar-refractivity contribution in [2.75, 3.05) is 5.73 Å². The lowest BCUT2D eigenvalue weighted by Crippen LogP contribution is -2.24. The molecule has 0 radical (unpaired) electrons. The third-order valence-corrected chi connectivity index (χ3v) is 3.30. The van der Waals surface area contributed by atoms with E-state index in [2.05, 4.69) is 25.5 Å². The van der Waals surface area contributed by atoms with Crippen molar-refractivity contribution < 1.29 is 14.7 Å². The second-order valence-corrected chi connectivity index (χ2v) is 4.64. The highest BCUT2D eigenvalue weighted by Gasteiger charge is 2.15. The van der Waals surface area contributed by atoms with Gasteiger partial charge in [0.15, 0.2) is 0 Å². The molecular weight excluding hydrogens is 272 g/mol. The van der Waals surface area contributed by atoms with E-state index in [1.165, 1.54) is 0 Å². The predicted molar refractivity (Wildman–Crippen MR) is 65.8 cm³/mol. The Morgan fingerprint density at radius 3 is 2.74 bits per heavy atom. The Labute approximate surface area is 110 Å². The number of carboxylic acids is 1. The van der Waals surface area contributed by atoms with E-state index in [9.17, 15) is 9.59 Å². The van der Waals surface area contributed by atoms with Gasteiger partial charge in [-0.15, -0.1) is 16.4 Å². The van der Waals surface area contributed by atoms with Gasteiger partial charge in [-0.3, -0.25) is 9.89 Å². The summed E-state index contributed by atoms with van der Waals surface area (Å²) in [5, 5.41) is 17.8. The second kappa shape index (κ2) is 5.02. The molecule has 0 aliphatic carbocycles. The highest BCUT2D eigenvalue weighted by molar-refractivity contribution is 7.13. The van der Waals surface area contributed by atoms with Crippen LogP contribution in [0.3, 0.4) is 0 Å². The monoisotopic (exact) mass is 282 g/mol. The van der Waals surface area contributed by atoms with Gasteiger partial charge in [0.25, 0.3) is 5.91 Å². The Hall–Kier alpha value is -2.49. The van der Waals surface area contributed by atoms with Gasteiger partial charge in [-0.25, -0.2) is 9.78 Å². The Morgan fingerprint density at radius 1 is 1.47 bits per heavy atom. The summed E-state index contributed by atoms with van der Waals surface area (Å²) >= 11 is 1.01. The van der Waals surface area contributed by atoms with Crippen molar-refractivity contribution in [3.05, 3.63) is 21.4 Å². The van der Waals surface area contributed by atoms with Crippen LogP contribution in [0.15, 0.2) is 0 Å². The number of anilines is 1. The van der Waals surface area contributed by atoms with Crippen LogP contribution in [0.5, 0.6) is 0 Å². The van der Waals surface area contributed by atoms with Gasteiger partial charge in [0.05, 0.1) is 12.2 Å². The first-order chi connectivity index (χ1) is 8.97. The second-order valence-electron chi connectivity index (χ2n) is 3.55. The molecule has 0 fully saturated rings. The molecule has 100 valence electrons. The molecule has 0 saturated carbocycles. The molecule has 0 spiro atoms. The van der Waals surface area contributed by atoms with E-state index in [4.69, 9.17) is 10.8 Å². The molecule has 0 bridgehead atoms. The zero-order chi connectivity index (χ0) is 14.0. The van der Waals surface area contributed by atoms with Gasteiger partial charge < -0.3 is 16.2 Å². The van der Waals surface area contributed by atoms with Crippen molar-refractivity contribution in [2.45, 2.75) is 13.5 Å². The number of aryl methyl sites for hydroxylation is 1. The van der Waals surface area contributed by atoms with Gasteiger partial charge in [0, 0.05) is 0 Å². The topological polar surface area (TPSA) is 147 Å². The maximum absolute atomic E-state index is 11.6. The number of nitrogens with one attached hydrogen (secondary N) is 2. The summed E-state index contributed by atoms with van der Waals surface area (Å²) in [5.41, 5.74) is 5.69. The van der Waals surface area contributed by atoms with Crippen LogP contribution in [0.25, 0.3) is 0 Å². The average molecular weight is 282 g/mol. The van der Waals surface area contributed by atoms with Crippen LogP contribution in [-0.4, -0.2) is 37.1 Å². The molecule has 0 aliphatic heterocycles. The lowest BCUT2D eigenvalue weighted by molar-refractivity contribution is 0.0701. The van der Waals surface area contributed by atoms with Crippen LogP contribution in [0.4, 0.5) is 5.95 Å². The number of rotatable bonds is 4. The molecule has 0 atom stereocenters. The first-order valence-corrected chi connectivity index (χ1v) is 5.94. The molecule has 19 heavy (non-hydrogen) atoms. The minimum Gasteiger partial charge on any atom is -0.477 e. The summed E-state index contributed by atoms with van der Waals surface area (Å²) < 4.78 is 0. The van der Waals surface area contributed by atoms with Crippen LogP contribution >= 0.6 is 11.3 Å². The number of hydrogen-bond acceptors (Lipinski definition) is 7. The van der Waals surface area contributed by atoms with Crippen molar-refractivity contribution in [3.63, 3.8) is 0 Å². The Morgan fingerprint density at radius 2 is 2.21 bits per heavy atom. The molecule has 0 aliphatic rings. The first kappa shape index (κ1) is 13.0. The molecule has 2 heterocycles. The Kier molecular flexibility index (Phi) is 3.42. The Bertz CT molecular complexity index is 634. The summed E-state index contributed by atoms with van der Waals surface area (Å²) in [7, 11) is 0. The predicted octanol–water partition coefficient (Wildman–Crippen LogP) is -0.220. The smallest absolute Gasteiger partial charge is 0.347 e. The molecule has 2 aromatic heterocycles. The van der Waals surface area contributed by atoms with E-state index < -0.39 is 11.9 Å². The molecule has 0 aromatic carbocycles. The van der Waals surface area contributed by atoms with Crippen molar-refractivity contribution in [2.24, 2.45) is 0 Å². The number of carboxylic acid groups (broad SMARTS) is 1. The summed E-state index contributed by atoms with van der Waals surface area (Å²) in [6.07, 6.45) is 0. The fraction of sp³-hybridized carbons (Fsp3) is 0.222. The normalized spacial score (nSPS) is 10.4. The van der Waals surface area contributed by atoms with E-state index in [0.29, 0.717) is 10.7 Å². The number of nitrogen functional groups attached to an aromatic ring is 1. The van der Waals surface area contributed by atoms with Gasteiger partial charge in [0.1, 0.15) is 9.88 Å². The first-order valence-electron chi connectivity index (χ1n) is 5.13. The van der Waals surface area contributed by atoms with Crippen molar-refractivity contribution >= 4 is 29.2 Å². The molecule has 2 rings (SSSR count). The van der Waals surface area contributed by atoms with Gasteiger partial charge in [-0.05, 0) is 6.92 Å². The molecule has 9 nitrogen and oxygen atoms in total. The third kappa shape index (κ3) is 2.85. The maximum Gasteiger partial charge on any atom is 0.347 e. The van der Waals surface area contributed by atoms with E-state index in [1.54, 1.807) is 6.92 Å². The minimum atomic E-state index is -1.03. The number of H-pyrrole nitrogens is 1. The highest BCUT2D eigenvalue weighted by Crippen LogP contribution is 2.17. The number of amides is 1. The number of aromatic amines is 1. The summed E-state index contributed by atoms with van der Waals surface area (Å²) in [5.74, 6) is -1.56. The number of thiazole rings is 1. The van der Waals surface area contributed by atoms with Crippen molar-refractivity contribution in [1.82, 2.24) is 25.5 Å². The average Bonchev–Trinajstić information content (AvgIpc) is 2.92. The number of nitrogens with two attached hydrogens (primary N) is 1. The molecule has 2 aromatic rings. The summed E-state index contributed by atoms with van der Waals surface area (Å²) in [4.78, 5) is 30.3. The number of carbonyl (C=O) groups excluding carboxylic acids is 1. The van der Waals surface area contributed by atoms with Gasteiger partial charge in [-0.2, -0.15) is 4.98 Å². The third-order valence-electron chi connectivity index (χ3n) is 2.15. The van der Waals surface area contributed by atoms with Gasteiger partial charge >= 0.3 is 5.97 Å². The number of carbonyl (C=O) groups is 2. The van der Waals surface area contributed by atoms with Crippen molar-refractivity contribution in [3.8, 4) is 0 Å². The molecule has 5 N–H and O–H groups in total. The highest BCUT2D eigenvalue weighted by atomic mass is 32.1. The van der Waals surface area contributed by atoms with Crippen LogP contribution in [-0.2, 0) is 6.54 Å². The van der Waals surface area contributed by atoms with E-state index >= 15 is 0 Å². The number of aromatic nitrogens is 4. The SMILES string of the molecule is Cc1nc(CNC(=O)c2nc(N)n[nH]2)sc1C(=O)O. The van der Waals surface area contributed by atoms with Crippen molar-refractivity contribution in [1.29, 1.82) is 0 Å². The fourth-order valence-electron chi connectivity index (χ4n) is 1.34.